The van der Waals surface area contributed by atoms with E-state index < -0.39 is 11.8 Å². The summed E-state index contributed by atoms with van der Waals surface area (Å²) in [5, 5.41) is 1.69. The number of amides is 2. The minimum Gasteiger partial charge on any atom is -0.366 e. The number of rotatable bonds is 2. The van der Waals surface area contributed by atoms with Gasteiger partial charge < -0.3 is 11.1 Å². The van der Waals surface area contributed by atoms with Crippen molar-refractivity contribution in [3.05, 3.63) is 31.2 Å². The van der Waals surface area contributed by atoms with Gasteiger partial charge in [-0.3, -0.25) is 9.59 Å². The number of nitrogens with one attached hydrogen (secondary N) is 1. The molecule has 92 valence electrons. The highest BCUT2D eigenvalue weighted by Crippen LogP contribution is 2.41. The van der Waals surface area contributed by atoms with Crippen LogP contribution in [0.15, 0.2) is 0 Å². The zero-order valence-electron chi connectivity index (χ0n) is 8.41. The molecule has 1 rings (SSSR count). The molecule has 0 aliphatic rings. The third kappa shape index (κ3) is 2.45. The van der Waals surface area contributed by atoms with Crippen LogP contribution in [-0.2, 0) is 0 Å². The molecule has 0 bridgehead atoms. The molecule has 8 heteroatoms. The van der Waals surface area contributed by atoms with Gasteiger partial charge in [0, 0.05) is 7.05 Å². The first-order chi connectivity index (χ1) is 7.82. The molecular formula is C9H6Cl4N2O2. The Hall–Kier alpha value is -0.680. The highest BCUT2D eigenvalue weighted by molar-refractivity contribution is 6.54. The van der Waals surface area contributed by atoms with Gasteiger partial charge in [-0.25, -0.2) is 0 Å². The molecule has 1 aromatic rings. The van der Waals surface area contributed by atoms with Crippen LogP contribution in [-0.4, -0.2) is 18.9 Å². The fourth-order valence-corrected chi connectivity index (χ4v) is 2.23. The van der Waals surface area contributed by atoms with Crippen LogP contribution in [0.25, 0.3) is 0 Å². The van der Waals surface area contributed by atoms with Crippen LogP contribution in [0, 0.1) is 0 Å². The van der Waals surface area contributed by atoms with Crippen LogP contribution in [0.5, 0.6) is 0 Å². The molecule has 0 spiro atoms. The Kier molecular flexibility index (Phi) is 4.49. The van der Waals surface area contributed by atoms with E-state index in [1.54, 1.807) is 0 Å². The first-order valence-electron chi connectivity index (χ1n) is 4.20. The molecule has 17 heavy (non-hydrogen) atoms. The summed E-state index contributed by atoms with van der Waals surface area (Å²) in [6, 6.07) is 0. The van der Waals surface area contributed by atoms with Crippen molar-refractivity contribution in [2.75, 3.05) is 7.05 Å². The molecule has 0 saturated carbocycles. The van der Waals surface area contributed by atoms with Gasteiger partial charge in [-0.2, -0.15) is 0 Å². The number of hydrogen-bond acceptors (Lipinski definition) is 2. The molecule has 0 unspecified atom stereocenters. The summed E-state index contributed by atoms with van der Waals surface area (Å²) >= 11 is 23.2. The summed E-state index contributed by atoms with van der Waals surface area (Å²) < 4.78 is 0. The minimum atomic E-state index is -0.922. The van der Waals surface area contributed by atoms with E-state index in [-0.39, 0.29) is 31.2 Å². The predicted molar refractivity (Wildman–Crippen MR) is 68.4 cm³/mol. The molecule has 0 fully saturated rings. The lowest BCUT2D eigenvalue weighted by atomic mass is 10.1. The molecule has 2 amide bonds. The van der Waals surface area contributed by atoms with Crippen molar-refractivity contribution < 1.29 is 9.59 Å². The maximum atomic E-state index is 11.6. The van der Waals surface area contributed by atoms with E-state index in [0.717, 1.165) is 0 Å². The van der Waals surface area contributed by atoms with Gasteiger partial charge in [-0.15, -0.1) is 0 Å². The summed E-state index contributed by atoms with van der Waals surface area (Å²) in [7, 11) is 1.36. The second-order valence-corrected chi connectivity index (χ2v) is 4.46. The van der Waals surface area contributed by atoms with E-state index in [4.69, 9.17) is 52.1 Å². The Morgan fingerprint density at radius 2 is 1.35 bits per heavy atom. The Balaban J connectivity index is 3.78. The van der Waals surface area contributed by atoms with E-state index in [1.807, 2.05) is 0 Å². The largest absolute Gasteiger partial charge is 0.366 e. The van der Waals surface area contributed by atoms with Gasteiger partial charge in [0.25, 0.3) is 11.8 Å². The van der Waals surface area contributed by atoms with Crippen LogP contribution in [0.2, 0.25) is 20.1 Å². The van der Waals surface area contributed by atoms with E-state index in [1.165, 1.54) is 7.05 Å². The van der Waals surface area contributed by atoms with Crippen LogP contribution < -0.4 is 11.1 Å². The van der Waals surface area contributed by atoms with Gasteiger partial charge in [0.05, 0.1) is 31.2 Å². The molecule has 0 saturated heterocycles. The maximum absolute atomic E-state index is 11.6. The summed E-state index contributed by atoms with van der Waals surface area (Å²) in [6.07, 6.45) is 0. The van der Waals surface area contributed by atoms with Crippen molar-refractivity contribution in [3.8, 4) is 0 Å². The standard InChI is InChI=1S/C9H6Cl4N2O2/c1-15-9(17)3-2(8(14)16)4(10)6(12)7(13)5(3)11/h1H3,(H2,14,16)(H,15,17). The normalized spacial score (nSPS) is 10.2. The topological polar surface area (TPSA) is 72.2 Å². The van der Waals surface area contributed by atoms with Crippen LogP contribution in [0.4, 0.5) is 0 Å². The van der Waals surface area contributed by atoms with Gasteiger partial charge in [-0.1, -0.05) is 46.4 Å². The number of carbonyl (C=O) groups excluding carboxylic acids is 2. The van der Waals surface area contributed by atoms with Crippen molar-refractivity contribution in [3.63, 3.8) is 0 Å². The zero-order chi connectivity index (χ0) is 13.3. The van der Waals surface area contributed by atoms with E-state index in [9.17, 15) is 9.59 Å². The van der Waals surface area contributed by atoms with Crippen molar-refractivity contribution in [2.45, 2.75) is 0 Å². The molecule has 0 atom stereocenters. The lowest BCUT2D eigenvalue weighted by Gasteiger charge is -2.13. The molecule has 4 nitrogen and oxygen atoms in total. The zero-order valence-corrected chi connectivity index (χ0v) is 11.4. The molecule has 0 aliphatic carbocycles. The average molecular weight is 316 g/mol. The fraction of sp³-hybridized carbons (Fsp3) is 0.111. The smallest absolute Gasteiger partial charge is 0.253 e. The lowest BCUT2D eigenvalue weighted by molar-refractivity contribution is 0.0943. The van der Waals surface area contributed by atoms with Gasteiger partial charge in [0.1, 0.15) is 0 Å². The first kappa shape index (κ1) is 14.4. The summed E-state index contributed by atoms with van der Waals surface area (Å²) in [4.78, 5) is 22.9. The van der Waals surface area contributed by atoms with Crippen molar-refractivity contribution in [1.82, 2.24) is 5.32 Å². The summed E-state index contributed by atoms with van der Waals surface area (Å²) in [5.41, 5.74) is 4.68. The van der Waals surface area contributed by atoms with Crippen LogP contribution in [0.3, 0.4) is 0 Å². The second kappa shape index (κ2) is 5.31. The number of hydrogen-bond donors (Lipinski definition) is 2. The summed E-state index contributed by atoms with van der Waals surface area (Å²) in [6.45, 7) is 0. The van der Waals surface area contributed by atoms with Crippen LogP contribution >= 0.6 is 46.4 Å². The Labute approximate surface area is 117 Å². The van der Waals surface area contributed by atoms with Gasteiger partial charge >= 0.3 is 0 Å². The van der Waals surface area contributed by atoms with Gasteiger partial charge in [0.2, 0.25) is 0 Å². The van der Waals surface area contributed by atoms with Crippen molar-refractivity contribution >= 4 is 58.2 Å². The maximum Gasteiger partial charge on any atom is 0.253 e. The van der Waals surface area contributed by atoms with Crippen molar-refractivity contribution in [1.29, 1.82) is 0 Å². The quantitative estimate of drug-likeness (QED) is 0.650. The highest BCUT2D eigenvalue weighted by Gasteiger charge is 2.27. The summed E-state index contributed by atoms with van der Waals surface area (Å²) in [5.74, 6) is -1.56. The number of benzene rings is 1. The minimum absolute atomic E-state index is 0.109. The Morgan fingerprint density at radius 3 is 1.71 bits per heavy atom. The molecule has 3 N–H and O–H groups in total. The van der Waals surface area contributed by atoms with Crippen molar-refractivity contribution in [2.24, 2.45) is 5.73 Å². The SMILES string of the molecule is CNC(=O)c1c(Cl)c(Cl)c(Cl)c(Cl)c1C(N)=O. The van der Waals surface area contributed by atoms with E-state index in [0.29, 0.717) is 0 Å². The number of primary amides is 1. The molecular weight excluding hydrogens is 310 g/mol. The van der Waals surface area contributed by atoms with E-state index >= 15 is 0 Å². The Morgan fingerprint density at radius 1 is 0.941 bits per heavy atom. The number of carbonyl (C=O) groups is 2. The fourth-order valence-electron chi connectivity index (χ4n) is 1.20. The third-order valence-corrected chi connectivity index (χ3v) is 3.77. The molecule has 0 heterocycles. The number of nitrogens with two attached hydrogens (primary N) is 1. The van der Waals surface area contributed by atoms with Crippen LogP contribution in [0.1, 0.15) is 20.7 Å². The average Bonchev–Trinajstić information content (AvgIpc) is 2.29. The van der Waals surface area contributed by atoms with E-state index in [2.05, 4.69) is 5.32 Å². The molecule has 0 radical (unpaired) electrons. The monoisotopic (exact) mass is 314 g/mol. The van der Waals surface area contributed by atoms with Gasteiger partial charge in [0.15, 0.2) is 0 Å². The predicted octanol–water partition coefficient (Wildman–Crippen LogP) is 2.76. The van der Waals surface area contributed by atoms with Gasteiger partial charge in [-0.05, 0) is 0 Å². The Bertz CT molecular complexity index is 516. The second-order valence-electron chi connectivity index (χ2n) is 2.95. The molecule has 0 aromatic heterocycles. The molecule has 0 aliphatic heterocycles. The first-order valence-corrected chi connectivity index (χ1v) is 5.71. The lowest BCUT2D eigenvalue weighted by Crippen LogP contribution is -2.24. The molecule has 1 aromatic carbocycles. The third-order valence-electron chi connectivity index (χ3n) is 1.97. The highest BCUT2D eigenvalue weighted by atomic mass is 35.5. The number of halogens is 4.